The molecule has 0 saturated heterocycles. The number of rotatable bonds is 11. The third-order valence-corrected chi connectivity index (χ3v) is 2.60. The summed E-state index contributed by atoms with van der Waals surface area (Å²) < 4.78 is 16.5. The molecule has 0 spiro atoms. The highest BCUT2D eigenvalue weighted by Gasteiger charge is 2.06. The SMILES string of the molecule is CCCOc1ccc(CNC)c(OCCOCCO)c1. The van der Waals surface area contributed by atoms with E-state index in [4.69, 9.17) is 19.3 Å². The van der Waals surface area contributed by atoms with Crippen molar-refractivity contribution in [3.63, 3.8) is 0 Å². The molecule has 0 atom stereocenters. The minimum atomic E-state index is 0.0331. The summed E-state index contributed by atoms with van der Waals surface area (Å²) in [6, 6.07) is 5.87. The van der Waals surface area contributed by atoms with Crippen molar-refractivity contribution >= 4 is 0 Å². The van der Waals surface area contributed by atoms with E-state index in [1.807, 2.05) is 25.2 Å². The third-order valence-electron chi connectivity index (χ3n) is 2.60. The predicted molar refractivity (Wildman–Crippen MR) is 78.4 cm³/mol. The second kappa shape index (κ2) is 10.5. The smallest absolute Gasteiger partial charge is 0.127 e. The lowest BCUT2D eigenvalue weighted by Gasteiger charge is -2.13. The van der Waals surface area contributed by atoms with E-state index in [0.717, 1.165) is 30.0 Å². The lowest BCUT2D eigenvalue weighted by Crippen LogP contribution is -2.12. The Morgan fingerprint density at radius 2 is 1.95 bits per heavy atom. The van der Waals surface area contributed by atoms with E-state index < -0.39 is 0 Å². The highest BCUT2D eigenvalue weighted by atomic mass is 16.5. The molecule has 0 amide bonds. The van der Waals surface area contributed by atoms with Crippen molar-refractivity contribution in [1.29, 1.82) is 0 Å². The fourth-order valence-electron chi connectivity index (χ4n) is 1.69. The van der Waals surface area contributed by atoms with Crippen molar-refractivity contribution in [2.45, 2.75) is 19.9 Å². The largest absolute Gasteiger partial charge is 0.493 e. The molecule has 1 rings (SSSR count). The molecule has 5 heteroatoms. The van der Waals surface area contributed by atoms with Crippen LogP contribution < -0.4 is 14.8 Å². The first-order valence-electron chi connectivity index (χ1n) is 7.03. The van der Waals surface area contributed by atoms with Crippen molar-refractivity contribution in [2.24, 2.45) is 0 Å². The molecule has 0 bridgehead atoms. The van der Waals surface area contributed by atoms with Gasteiger partial charge in [-0.05, 0) is 19.5 Å². The summed E-state index contributed by atoms with van der Waals surface area (Å²) in [7, 11) is 1.90. The number of aliphatic hydroxyl groups excluding tert-OH is 1. The van der Waals surface area contributed by atoms with Gasteiger partial charge < -0.3 is 24.6 Å². The number of aliphatic hydroxyl groups is 1. The van der Waals surface area contributed by atoms with Gasteiger partial charge in [-0.25, -0.2) is 0 Å². The first kappa shape index (κ1) is 16.8. The van der Waals surface area contributed by atoms with Crippen LogP contribution in [-0.2, 0) is 11.3 Å². The molecule has 20 heavy (non-hydrogen) atoms. The fourth-order valence-corrected chi connectivity index (χ4v) is 1.69. The van der Waals surface area contributed by atoms with E-state index in [1.165, 1.54) is 0 Å². The molecule has 0 aromatic heterocycles. The minimum Gasteiger partial charge on any atom is -0.493 e. The van der Waals surface area contributed by atoms with E-state index >= 15 is 0 Å². The molecule has 0 heterocycles. The van der Waals surface area contributed by atoms with Gasteiger partial charge in [0, 0.05) is 18.2 Å². The lowest BCUT2D eigenvalue weighted by atomic mass is 10.2. The van der Waals surface area contributed by atoms with Gasteiger partial charge in [-0.15, -0.1) is 0 Å². The quantitative estimate of drug-likeness (QED) is 0.604. The maximum Gasteiger partial charge on any atom is 0.127 e. The van der Waals surface area contributed by atoms with Crippen molar-refractivity contribution in [3.8, 4) is 11.5 Å². The maximum atomic E-state index is 8.62. The fraction of sp³-hybridized carbons (Fsp3) is 0.600. The summed E-state index contributed by atoms with van der Waals surface area (Å²) >= 11 is 0. The van der Waals surface area contributed by atoms with Crippen LogP contribution in [0.3, 0.4) is 0 Å². The Kier molecular flexibility index (Phi) is 8.78. The van der Waals surface area contributed by atoms with Gasteiger partial charge in [-0.2, -0.15) is 0 Å². The second-order valence-electron chi connectivity index (χ2n) is 4.33. The van der Waals surface area contributed by atoms with Gasteiger partial charge in [0.25, 0.3) is 0 Å². The Morgan fingerprint density at radius 1 is 1.10 bits per heavy atom. The van der Waals surface area contributed by atoms with E-state index in [-0.39, 0.29) is 6.61 Å². The highest BCUT2D eigenvalue weighted by molar-refractivity contribution is 5.40. The molecule has 114 valence electrons. The number of hydrogen-bond donors (Lipinski definition) is 2. The van der Waals surface area contributed by atoms with Crippen LogP contribution in [0.2, 0.25) is 0 Å². The predicted octanol–water partition coefficient (Wildman–Crippen LogP) is 1.58. The van der Waals surface area contributed by atoms with Gasteiger partial charge in [0.05, 0.1) is 26.4 Å². The maximum absolute atomic E-state index is 8.62. The van der Waals surface area contributed by atoms with Crippen LogP contribution >= 0.6 is 0 Å². The number of ether oxygens (including phenoxy) is 3. The summed E-state index contributed by atoms with van der Waals surface area (Å²) in [4.78, 5) is 0. The first-order valence-corrected chi connectivity index (χ1v) is 7.03. The summed E-state index contributed by atoms with van der Waals surface area (Å²) in [5.41, 5.74) is 1.08. The second-order valence-corrected chi connectivity index (χ2v) is 4.33. The topological polar surface area (TPSA) is 60.0 Å². The van der Waals surface area contributed by atoms with Crippen molar-refractivity contribution in [2.75, 3.05) is 40.1 Å². The van der Waals surface area contributed by atoms with Gasteiger partial charge in [0.15, 0.2) is 0 Å². The molecule has 0 saturated carbocycles. The monoisotopic (exact) mass is 283 g/mol. The van der Waals surface area contributed by atoms with Crippen molar-refractivity contribution < 1.29 is 19.3 Å². The standard InChI is InChI=1S/C15H25NO4/c1-3-7-19-14-5-4-13(12-16-2)15(11-14)20-10-9-18-8-6-17/h4-5,11,16-17H,3,6-10,12H2,1-2H3. The van der Waals surface area contributed by atoms with Gasteiger partial charge in [-0.1, -0.05) is 13.0 Å². The zero-order valence-corrected chi connectivity index (χ0v) is 12.4. The Labute approximate surface area is 120 Å². The van der Waals surface area contributed by atoms with Crippen LogP contribution in [0, 0.1) is 0 Å². The van der Waals surface area contributed by atoms with Crippen LogP contribution in [0.25, 0.3) is 0 Å². The van der Waals surface area contributed by atoms with Crippen molar-refractivity contribution in [3.05, 3.63) is 23.8 Å². The van der Waals surface area contributed by atoms with Gasteiger partial charge >= 0.3 is 0 Å². The Bertz CT molecular complexity index is 371. The van der Waals surface area contributed by atoms with E-state index in [1.54, 1.807) is 0 Å². The molecular weight excluding hydrogens is 258 g/mol. The van der Waals surface area contributed by atoms with Gasteiger partial charge in [-0.3, -0.25) is 0 Å². The summed E-state index contributed by atoms with van der Waals surface area (Å²) in [6.07, 6.45) is 0.976. The van der Waals surface area contributed by atoms with E-state index in [0.29, 0.717) is 26.4 Å². The summed E-state index contributed by atoms with van der Waals surface area (Å²) in [5.74, 6) is 1.62. The van der Waals surface area contributed by atoms with Crippen LogP contribution in [-0.4, -0.2) is 45.2 Å². The minimum absolute atomic E-state index is 0.0331. The molecule has 1 aromatic rings. The Balaban J connectivity index is 2.57. The molecule has 1 aromatic carbocycles. The average Bonchev–Trinajstić information content (AvgIpc) is 2.47. The molecule has 0 aliphatic heterocycles. The van der Waals surface area contributed by atoms with Gasteiger partial charge in [0.1, 0.15) is 18.1 Å². The number of benzene rings is 1. The average molecular weight is 283 g/mol. The number of nitrogens with one attached hydrogen (secondary N) is 1. The zero-order chi connectivity index (χ0) is 14.6. The molecule has 0 unspecified atom stereocenters. The lowest BCUT2D eigenvalue weighted by molar-refractivity contribution is 0.0702. The van der Waals surface area contributed by atoms with Crippen molar-refractivity contribution in [1.82, 2.24) is 5.32 Å². The van der Waals surface area contributed by atoms with Crippen LogP contribution in [0.15, 0.2) is 18.2 Å². The number of hydrogen-bond acceptors (Lipinski definition) is 5. The molecule has 5 nitrogen and oxygen atoms in total. The van der Waals surface area contributed by atoms with E-state index in [9.17, 15) is 0 Å². The van der Waals surface area contributed by atoms with Crippen LogP contribution in [0.5, 0.6) is 11.5 Å². The highest BCUT2D eigenvalue weighted by Crippen LogP contribution is 2.25. The zero-order valence-electron chi connectivity index (χ0n) is 12.4. The normalized spacial score (nSPS) is 10.6. The Morgan fingerprint density at radius 3 is 2.65 bits per heavy atom. The van der Waals surface area contributed by atoms with Crippen LogP contribution in [0.1, 0.15) is 18.9 Å². The summed E-state index contributed by atoms with van der Waals surface area (Å²) in [5, 5.41) is 11.7. The molecule has 0 aliphatic rings. The molecule has 2 N–H and O–H groups in total. The van der Waals surface area contributed by atoms with E-state index in [2.05, 4.69) is 12.2 Å². The van der Waals surface area contributed by atoms with Gasteiger partial charge in [0.2, 0.25) is 0 Å². The Hall–Kier alpha value is -1.30. The molecular formula is C15H25NO4. The first-order chi connectivity index (χ1) is 9.81. The molecule has 0 fully saturated rings. The molecule has 0 radical (unpaired) electrons. The molecule has 0 aliphatic carbocycles. The summed E-state index contributed by atoms with van der Waals surface area (Å²) in [6.45, 7) is 4.79. The third kappa shape index (κ3) is 6.23. The van der Waals surface area contributed by atoms with Crippen LogP contribution in [0.4, 0.5) is 0 Å².